The number of benzene rings is 1. The second-order valence-electron chi connectivity index (χ2n) is 5.57. The molecule has 6 nitrogen and oxygen atoms in total. The van der Waals surface area contributed by atoms with Gasteiger partial charge < -0.3 is 10.6 Å². The molecule has 1 aromatic rings. The van der Waals surface area contributed by atoms with Crippen molar-refractivity contribution in [3.63, 3.8) is 0 Å². The molecule has 0 unspecified atom stereocenters. The van der Waals surface area contributed by atoms with Crippen molar-refractivity contribution in [2.24, 2.45) is 5.73 Å². The van der Waals surface area contributed by atoms with Crippen molar-refractivity contribution in [2.45, 2.75) is 32.4 Å². The lowest BCUT2D eigenvalue weighted by molar-refractivity contribution is -0.155. The summed E-state index contributed by atoms with van der Waals surface area (Å²) < 4.78 is 0. The third-order valence-corrected chi connectivity index (χ3v) is 3.77. The minimum Gasteiger partial charge on any atom is -0.326 e. The molecule has 3 amide bonds. The molecule has 0 radical (unpaired) electrons. The average molecular weight is 289 g/mol. The van der Waals surface area contributed by atoms with Gasteiger partial charge in [0.05, 0.1) is 6.42 Å². The van der Waals surface area contributed by atoms with E-state index in [2.05, 4.69) is 5.32 Å². The number of hydrogen-bond donors (Lipinski definition) is 2. The second-order valence-corrected chi connectivity index (χ2v) is 5.57. The Kier molecular flexibility index (Phi) is 4.09. The smallest absolute Gasteiger partial charge is 0.252 e. The molecule has 0 aromatic heterocycles. The summed E-state index contributed by atoms with van der Waals surface area (Å²) in [7, 11) is 0. The number of rotatable bonds is 3. The first-order chi connectivity index (χ1) is 9.86. The molecule has 3 N–H and O–H groups in total. The number of nitrogens with zero attached hydrogens (tertiary/aromatic N) is 1. The van der Waals surface area contributed by atoms with Crippen LogP contribution in [0.2, 0.25) is 0 Å². The van der Waals surface area contributed by atoms with Gasteiger partial charge in [0, 0.05) is 6.54 Å². The fourth-order valence-corrected chi connectivity index (χ4v) is 2.37. The molecule has 1 saturated heterocycles. The lowest BCUT2D eigenvalue weighted by atomic mass is 9.96. The van der Waals surface area contributed by atoms with Crippen LogP contribution in [0.25, 0.3) is 0 Å². The van der Waals surface area contributed by atoms with Crippen LogP contribution in [0.3, 0.4) is 0 Å². The Hall–Kier alpha value is -2.21. The Labute approximate surface area is 123 Å². The number of carbonyl (C=O) groups excluding carboxylic acids is 3. The van der Waals surface area contributed by atoms with Gasteiger partial charge in [0.15, 0.2) is 0 Å². The van der Waals surface area contributed by atoms with Crippen LogP contribution >= 0.6 is 0 Å². The summed E-state index contributed by atoms with van der Waals surface area (Å²) in [5, 5.41) is 2.25. The molecule has 1 aliphatic rings. The zero-order valence-corrected chi connectivity index (χ0v) is 12.2. The highest BCUT2D eigenvalue weighted by atomic mass is 16.2. The van der Waals surface area contributed by atoms with E-state index in [1.54, 1.807) is 13.8 Å². The molecule has 0 bridgehead atoms. The first kappa shape index (κ1) is 15.2. The van der Waals surface area contributed by atoms with Crippen molar-refractivity contribution in [1.29, 1.82) is 0 Å². The number of nitrogens with one attached hydrogen (secondary N) is 1. The third-order valence-electron chi connectivity index (χ3n) is 3.77. The predicted molar refractivity (Wildman–Crippen MR) is 77.0 cm³/mol. The molecule has 21 heavy (non-hydrogen) atoms. The monoisotopic (exact) mass is 289 g/mol. The van der Waals surface area contributed by atoms with Crippen LogP contribution in [0.4, 0.5) is 0 Å². The Balaban J connectivity index is 2.23. The molecule has 1 heterocycles. The molecular weight excluding hydrogens is 270 g/mol. The van der Waals surface area contributed by atoms with E-state index in [-0.39, 0.29) is 18.9 Å². The zero-order chi connectivity index (χ0) is 15.6. The lowest BCUT2D eigenvalue weighted by Crippen LogP contribution is -2.65. The van der Waals surface area contributed by atoms with E-state index in [0.717, 1.165) is 11.1 Å². The summed E-state index contributed by atoms with van der Waals surface area (Å²) >= 11 is 0. The molecule has 1 aliphatic heterocycles. The first-order valence-electron chi connectivity index (χ1n) is 6.78. The maximum absolute atomic E-state index is 12.5. The van der Waals surface area contributed by atoms with Crippen LogP contribution in [0.1, 0.15) is 25.0 Å². The Morgan fingerprint density at radius 1 is 1.29 bits per heavy atom. The lowest BCUT2D eigenvalue weighted by Gasteiger charge is -2.40. The minimum absolute atomic E-state index is 0.109. The molecule has 0 atom stereocenters. The van der Waals surface area contributed by atoms with Gasteiger partial charge in [0.25, 0.3) is 5.91 Å². The molecule has 0 spiro atoms. The van der Waals surface area contributed by atoms with Gasteiger partial charge in [0.2, 0.25) is 11.8 Å². The van der Waals surface area contributed by atoms with E-state index in [0.29, 0.717) is 6.54 Å². The van der Waals surface area contributed by atoms with Crippen LogP contribution in [0.5, 0.6) is 0 Å². The van der Waals surface area contributed by atoms with Crippen LogP contribution in [-0.2, 0) is 27.3 Å². The summed E-state index contributed by atoms with van der Waals surface area (Å²) in [6, 6.07) is 7.39. The largest absolute Gasteiger partial charge is 0.326 e. The van der Waals surface area contributed by atoms with Crippen LogP contribution in [-0.4, -0.2) is 34.7 Å². The number of nitrogens with two attached hydrogens (primary N) is 1. The van der Waals surface area contributed by atoms with E-state index >= 15 is 0 Å². The number of amides is 3. The molecule has 1 aromatic carbocycles. The van der Waals surface area contributed by atoms with E-state index in [9.17, 15) is 14.4 Å². The zero-order valence-electron chi connectivity index (χ0n) is 12.2. The average Bonchev–Trinajstić information content (AvgIpc) is 2.43. The van der Waals surface area contributed by atoms with Crippen molar-refractivity contribution in [1.82, 2.24) is 10.2 Å². The second kappa shape index (κ2) is 5.65. The molecule has 0 aliphatic carbocycles. The number of carbonyl (C=O) groups is 3. The minimum atomic E-state index is -1.04. The van der Waals surface area contributed by atoms with Crippen LogP contribution in [0.15, 0.2) is 24.3 Å². The maximum atomic E-state index is 12.5. The van der Waals surface area contributed by atoms with Crippen molar-refractivity contribution in [2.75, 3.05) is 6.54 Å². The van der Waals surface area contributed by atoms with Crippen molar-refractivity contribution in [3.8, 4) is 0 Å². The van der Waals surface area contributed by atoms with Gasteiger partial charge in [-0.25, -0.2) is 0 Å². The van der Waals surface area contributed by atoms with E-state index in [1.807, 2.05) is 24.3 Å². The first-order valence-corrected chi connectivity index (χ1v) is 6.78. The summed E-state index contributed by atoms with van der Waals surface area (Å²) in [5.41, 5.74) is 6.32. The van der Waals surface area contributed by atoms with Gasteiger partial charge in [-0.15, -0.1) is 0 Å². The van der Waals surface area contributed by atoms with Gasteiger partial charge >= 0.3 is 0 Å². The third kappa shape index (κ3) is 2.95. The molecule has 0 saturated carbocycles. The molecule has 112 valence electrons. The van der Waals surface area contributed by atoms with E-state index in [1.165, 1.54) is 4.90 Å². The van der Waals surface area contributed by atoms with Gasteiger partial charge in [-0.1, -0.05) is 24.3 Å². The Bertz CT molecular complexity index is 596. The number of piperazine rings is 1. The van der Waals surface area contributed by atoms with Crippen molar-refractivity contribution < 1.29 is 14.4 Å². The highest BCUT2D eigenvalue weighted by molar-refractivity contribution is 6.06. The fraction of sp³-hybridized carbons (Fsp3) is 0.400. The van der Waals surface area contributed by atoms with Crippen LogP contribution < -0.4 is 11.1 Å². The summed E-state index contributed by atoms with van der Waals surface area (Å²) in [4.78, 5) is 37.2. The summed E-state index contributed by atoms with van der Waals surface area (Å²) in [5.74, 6) is -1.18. The quantitative estimate of drug-likeness (QED) is 0.763. The standard InChI is InChI=1S/C15H19N3O3/c1-15(2)14(21)17-12(19)9-18(15)13(20)7-10-5-3-4-6-11(10)8-16/h3-6H,7-9,16H2,1-2H3,(H,17,19,21). The fourth-order valence-electron chi connectivity index (χ4n) is 2.37. The highest BCUT2D eigenvalue weighted by Crippen LogP contribution is 2.20. The highest BCUT2D eigenvalue weighted by Gasteiger charge is 2.43. The predicted octanol–water partition coefficient (Wildman–Crippen LogP) is -0.0486. The number of hydrogen-bond acceptors (Lipinski definition) is 4. The van der Waals surface area contributed by atoms with Gasteiger partial charge in [-0.2, -0.15) is 0 Å². The summed E-state index contributed by atoms with van der Waals surface area (Å²) in [6.07, 6.45) is 0.122. The number of imide groups is 1. The molecule has 1 fully saturated rings. The molecule has 2 rings (SSSR count). The van der Waals surface area contributed by atoms with Gasteiger partial charge in [0.1, 0.15) is 12.1 Å². The topological polar surface area (TPSA) is 92.5 Å². The van der Waals surface area contributed by atoms with Crippen molar-refractivity contribution in [3.05, 3.63) is 35.4 Å². The SMILES string of the molecule is CC1(C)C(=O)NC(=O)CN1C(=O)Cc1ccccc1CN. The van der Waals surface area contributed by atoms with E-state index in [4.69, 9.17) is 5.73 Å². The van der Waals surface area contributed by atoms with Gasteiger partial charge in [-0.05, 0) is 25.0 Å². The van der Waals surface area contributed by atoms with Crippen molar-refractivity contribution >= 4 is 17.7 Å². The molecule has 6 heteroatoms. The Morgan fingerprint density at radius 3 is 2.52 bits per heavy atom. The Morgan fingerprint density at radius 2 is 1.90 bits per heavy atom. The summed E-state index contributed by atoms with van der Waals surface area (Å²) in [6.45, 7) is 3.48. The maximum Gasteiger partial charge on any atom is 0.252 e. The van der Waals surface area contributed by atoms with Gasteiger partial charge in [-0.3, -0.25) is 19.7 Å². The van der Waals surface area contributed by atoms with E-state index < -0.39 is 17.4 Å². The normalized spacial score (nSPS) is 17.6. The molecular formula is C15H19N3O3. The van der Waals surface area contributed by atoms with Crippen LogP contribution in [0, 0.1) is 0 Å².